The van der Waals surface area contributed by atoms with Gasteiger partial charge in [-0.2, -0.15) is 0 Å². The van der Waals surface area contributed by atoms with Crippen LogP contribution in [0.4, 0.5) is 0 Å². The van der Waals surface area contributed by atoms with Crippen LogP contribution in [0.3, 0.4) is 0 Å². The predicted molar refractivity (Wildman–Crippen MR) is 82.5 cm³/mol. The maximum atomic E-state index is 12.2. The molecule has 2 aromatic carbocycles. The molecule has 21 heavy (non-hydrogen) atoms. The predicted octanol–water partition coefficient (Wildman–Crippen LogP) is 1.41. The second-order valence-electron chi connectivity index (χ2n) is 4.97. The first-order valence-electron chi connectivity index (χ1n) is 6.96. The number of aliphatic hydroxyl groups excluding tert-OH is 1. The molecule has 2 aromatic rings. The zero-order valence-electron chi connectivity index (χ0n) is 11.8. The van der Waals surface area contributed by atoms with Gasteiger partial charge in [0.25, 0.3) is 0 Å². The summed E-state index contributed by atoms with van der Waals surface area (Å²) in [4.78, 5) is 12.2. The van der Waals surface area contributed by atoms with Gasteiger partial charge in [-0.3, -0.25) is 4.79 Å². The Morgan fingerprint density at radius 2 is 1.62 bits per heavy atom. The van der Waals surface area contributed by atoms with E-state index in [0.717, 1.165) is 11.1 Å². The second kappa shape index (κ2) is 7.57. The zero-order chi connectivity index (χ0) is 15.1. The molecule has 4 N–H and O–H groups in total. The van der Waals surface area contributed by atoms with Crippen molar-refractivity contribution in [2.24, 2.45) is 5.73 Å². The minimum Gasteiger partial charge on any atom is -0.394 e. The Morgan fingerprint density at radius 1 is 1.05 bits per heavy atom. The van der Waals surface area contributed by atoms with Crippen LogP contribution in [0.2, 0.25) is 0 Å². The molecule has 1 unspecified atom stereocenters. The molecular weight excluding hydrogens is 264 g/mol. The van der Waals surface area contributed by atoms with E-state index in [2.05, 4.69) is 5.32 Å². The molecule has 0 spiro atoms. The first kappa shape index (κ1) is 15.2. The van der Waals surface area contributed by atoms with Gasteiger partial charge in [0, 0.05) is 0 Å². The van der Waals surface area contributed by atoms with Crippen molar-refractivity contribution >= 4 is 5.91 Å². The number of carbonyl (C=O) groups excluding carboxylic acids is 1. The molecule has 0 aliphatic rings. The molecule has 0 aromatic heterocycles. The van der Waals surface area contributed by atoms with Crippen molar-refractivity contribution in [1.29, 1.82) is 0 Å². The largest absolute Gasteiger partial charge is 0.394 e. The van der Waals surface area contributed by atoms with Crippen molar-refractivity contribution in [1.82, 2.24) is 5.32 Å². The lowest BCUT2D eigenvalue weighted by Gasteiger charge is -2.19. The zero-order valence-corrected chi connectivity index (χ0v) is 11.8. The highest BCUT2D eigenvalue weighted by Crippen LogP contribution is 2.10. The topological polar surface area (TPSA) is 75.4 Å². The molecule has 0 saturated heterocycles. The van der Waals surface area contributed by atoms with E-state index in [0.29, 0.717) is 6.42 Å². The van der Waals surface area contributed by atoms with E-state index in [1.54, 1.807) is 0 Å². The van der Waals surface area contributed by atoms with Crippen molar-refractivity contribution < 1.29 is 9.90 Å². The van der Waals surface area contributed by atoms with Crippen LogP contribution in [0, 0.1) is 0 Å². The van der Waals surface area contributed by atoms with Gasteiger partial charge in [0.05, 0.1) is 12.6 Å². The minimum absolute atomic E-state index is 0.123. The number of benzene rings is 2. The van der Waals surface area contributed by atoms with Gasteiger partial charge >= 0.3 is 0 Å². The Labute approximate surface area is 124 Å². The highest BCUT2D eigenvalue weighted by atomic mass is 16.3. The van der Waals surface area contributed by atoms with Crippen LogP contribution in [0.15, 0.2) is 60.7 Å². The molecule has 1 amide bonds. The van der Waals surface area contributed by atoms with Crippen molar-refractivity contribution in [3.05, 3.63) is 71.8 Å². The molecule has 4 nitrogen and oxygen atoms in total. The Balaban J connectivity index is 1.96. The summed E-state index contributed by atoms with van der Waals surface area (Å²) in [7, 11) is 0. The number of aliphatic hydroxyl groups is 1. The van der Waals surface area contributed by atoms with Crippen LogP contribution in [-0.2, 0) is 11.2 Å². The number of hydrogen-bond donors (Lipinski definition) is 3. The Hall–Kier alpha value is -2.17. The first-order valence-corrected chi connectivity index (χ1v) is 6.96. The van der Waals surface area contributed by atoms with Gasteiger partial charge in [-0.25, -0.2) is 0 Å². The monoisotopic (exact) mass is 284 g/mol. The minimum atomic E-state index is -0.726. The van der Waals surface area contributed by atoms with Crippen LogP contribution in [0.1, 0.15) is 17.2 Å². The first-order chi connectivity index (χ1) is 10.2. The van der Waals surface area contributed by atoms with Crippen LogP contribution < -0.4 is 11.1 Å². The molecule has 0 aliphatic heterocycles. The van der Waals surface area contributed by atoms with E-state index >= 15 is 0 Å². The van der Waals surface area contributed by atoms with Crippen LogP contribution >= 0.6 is 0 Å². The third-order valence-corrected chi connectivity index (χ3v) is 3.33. The fourth-order valence-electron chi connectivity index (χ4n) is 2.16. The fraction of sp³-hybridized carbons (Fsp3) is 0.235. The van der Waals surface area contributed by atoms with E-state index < -0.39 is 6.04 Å². The van der Waals surface area contributed by atoms with Gasteiger partial charge < -0.3 is 16.2 Å². The summed E-state index contributed by atoms with van der Waals surface area (Å²) in [5.74, 6) is -0.281. The lowest BCUT2D eigenvalue weighted by molar-refractivity contribution is -0.123. The average molecular weight is 284 g/mol. The van der Waals surface area contributed by atoms with E-state index in [1.165, 1.54) is 0 Å². The SMILES string of the molecule is N[C@H](C(=O)NC(CO)Cc1ccccc1)c1ccccc1. The summed E-state index contributed by atoms with van der Waals surface area (Å²) in [6, 6.07) is 17.9. The van der Waals surface area contributed by atoms with Crippen LogP contribution in [-0.4, -0.2) is 23.7 Å². The van der Waals surface area contributed by atoms with Gasteiger partial charge in [-0.1, -0.05) is 60.7 Å². The number of rotatable bonds is 6. The van der Waals surface area contributed by atoms with E-state index in [9.17, 15) is 9.90 Å². The third kappa shape index (κ3) is 4.41. The number of nitrogens with two attached hydrogens (primary N) is 1. The van der Waals surface area contributed by atoms with Gasteiger partial charge in [-0.05, 0) is 17.5 Å². The molecule has 2 atom stereocenters. The van der Waals surface area contributed by atoms with E-state index in [1.807, 2.05) is 60.7 Å². The van der Waals surface area contributed by atoms with Gasteiger partial charge in [0.1, 0.15) is 6.04 Å². The van der Waals surface area contributed by atoms with Crippen molar-refractivity contribution in [3.63, 3.8) is 0 Å². The van der Waals surface area contributed by atoms with Crippen molar-refractivity contribution in [2.75, 3.05) is 6.61 Å². The maximum Gasteiger partial charge on any atom is 0.241 e. The molecule has 0 fully saturated rings. The van der Waals surface area contributed by atoms with E-state index in [4.69, 9.17) is 5.73 Å². The van der Waals surface area contributed by atoms with Gasteiger partial charge in [0.15, 0.2) is 0 Å². The molecule has 0 saturated carbocycles. The number of carbonyl (C=O) groups is 1. The highest BCUT2D eigenvalue weighted by molar-refractivity contribution is 5.83. The summed E-state index contributed by atoms with van der Waals surface area (Å²) in [6.07, 6.45) is 0.574. The normalized spacial score (nSPS) is 13.4. The van der Waals surface area contributed by atoms with E-state index in [-0.39, 0.29) is 18.6 Å². The molecule has 0 bridgehead atoms. The number of amides is 1. The smallest absolute Gasteiger partial charge is 0.241 e. The standard InChI is InChI=1S/C17H20N2O2/c18-16(14-9-5-2-6-10-14)17(21)19-15(12-20)11-13-7-3-1-4-8-13/h1-10,15-16,20H,11-12,18H2,(H,19,21)/t15?,16-/m0/s1. The summed E-state index contributed by atoms with van der Waals surface area (Å²) < 4.78 is 0. The Morgan fingerprint density at radius 3 is 2.19 bits per heavy atom. The molecule has 0 heterocycles. The van der Waals surface area contributed by atoms with Gasteiger partial charge in [0.2, 0.25) is 5.91 Å². The highest BCUT2D eigenvalue weighted by Gasteiger charge is 2.19. The molecular formula is C17H20N2O2. The second-order valence-corrected chi connectivity index (χ2v) is 4.97. The summed E-state index contributed by atoms with van der Waals surface area (Å²) in [6.45, 7) is -0.123. The maximum absolute atomic E-state index is 12.2. The Kier molecular flexibility index (Phi) is 5.49. The molecule has 2 rings (SSSR count). The van der Waals surface area contributed by atoms with Crippen LogP contribution in [0.25, 0.3) is 0 Å². The molecule has 4 heteroatoms. The lowest BCUT2D eigenvalue weighted by atomic mass is 10.0. The molecule has 0 radical (unpaired) electrons. The molecule has 110 valence electrons. The lowest BCUT2D eigenvalue weighted by Crippen LogP contribution is -2.43. The number of hydrogen-bond acceptors (Lipinski definition) is 3. The van der Waals surface area contributed by atoms with Crippen molar-refractivity contribution in [2.45, 2.75) is 18.5 Å². The third-order valence-electron chi connectivity index (χ3n) is 3.33. The van der Waals surface area contributed by atoms with Crippen LogP contribution in [0.5, 0.6) is 0 Å². The summed E-state index contributed by atoms with van der Waals surface area (Å²) >= 11 is 0. The quantitative estimate of drug-likeness (QED) is 0.750. The summed E-state index contributed by atoms with van der Waals surface area (Å²) in [5.41, 5.74) is 7.76. The fourth-order valence-corrected chi connectivity index (χ4v) is 2.16. The summed E-state index contributed by atoms with van der Waals surface area (Å²) in [5, 5.41) is 12.2. The molecule has 0 aliphatic carbocycles. The van der Waals surface area contributed by atoms with Crippen molar-refractivity contribution in [3.8, 4) is 0 Å². The number of nitrogens with one attached hydrogen (secondary N) is 1. The van der Waals surface area contributed by atoms with Gasteiger partial charge in [-0.15, -0.1) is 0 Å². The average Bonchev–Trinajstić information content (AvgIpc) is 2.55. The Bertz CT molecular complexity index is 558.